The van der Waals surface area contributed by atoms with Crippen LogP contribution in [0.25, 0.3) is 32.7 Å². The summed E-state index contributed by atoms with van der Waals surface area (Å²) < 4.78 is 0. The number of H-pyrrole nitrogens is 3. The summed E-state index contributed by atoms with van der Waals surface area (Å²) >= 11 is 0. The zero-order valence-electron chi connectivity index (χ0n) is 72.1. The number of nitrogens with two attached hydrogens (primary N) is 3. The van der Waals surface area contributed by atoms with E-state index in [4.69, 9.17) is 17.2 Å². The summed E-state index contributed by atoms with van der Waals surface area (Å²) in [5, 5.41) is 91.2. The van der Waals surface area contributed by atoms with Gasteiger partial charge in [0.1, 0.15) is 18.1 Å². The number of para-hydroxylation sites is 3. The Morgan fingerprint density at radius 1 is 0.260 bits per heavy atom. The second kappa shape index (κ2) is 57.3. The summed E-state index contributed by atoms with van der Waals surface area (Å²) in [5.74, 6) is -15.1. The minimum atomic E-state index is -1.27. The first-order valence-corrected chi connectivity index (χ1v) is 41.2. The van der Waals surface area contributed by atoms with Gasteiger partial charge < -0.3 is 139 Å². The number of rotatable bonds is 42. The van der Waals surface area contributed by atoms with Gasteiger partial charge in [-0.05, 0) is 34.9 Å². The van der Waals surface area contributed by atoms with Gasteiger partial charge in [0.2, 0.25) is 70.9 Å². The van der Waals surface area contributed by atoms with E-state index in [2.05, 4.69) is 62.8 Å². The number of hydrogen-bond acceptors (Lipinski definition) is 33. The predicted molar refractivity (Wildman–Crippen MR) is 445 cm³/mol. The van der Waals surface area contributed by atoms with Gasteiger partial charge in [-0.25, -0.2) is 0 Å². The molecule has 0 saturated carbocycles. The molecule has 6 aromatic rings. The summed E-state index contributed by atoms with van der Waals surface area (Å²) in [4.78, 5) is 238. The minimum Gasteiger partial charge on any atom is -0.549 e. The van der Waals surface area contributed by atoms with E-state index < -0.39 is 164 Å². The third-order valence-corrected chi connectivity index (χ3v) is 20.8. The molecule has 0 radical (unpaired) electrons. The van der Waals surface area contributed by atoms with Crippen LogP contribution in [0.1, 0.15) is 16.7 Å². The first kappa shape index (κ1) is 110. The summed E-state index contributed by atoms with van der Waals surface area (Å²) in [6.07, 6.45) is 5.67. The van der Waals surface area contributed by atoms with Gasteiger partial charge >= 0.3 is 51.7 Å². The molecule has 6 heterocycles. The molecule has 3 saturated heterocycles. The van der Waals surface area contributed by atoms with Crippen LogP contribution in [0.2, 0.25) is 0 Å². The van der Waals surface area contributed by atoms with Crippen LogP contribution >= 0.6 is 0 Å². The van der Waals surface area contributed by atoms with Crippen molar-refractivity contribution in [3.63, 3.8) is 0 Å². The molecule has 131 heavy (non-hydrogen) atoms. The molecule has 18 N–H and O–H groups in total. The first-order valence-electron chi connectivity index (χ1n) is 41.2. The maximum absolute atomic E-state index is 12.5. The number of aliphatic carboxylic acids is 6. The van der Waals surface area contributed by atoms with Crippen molar-refractivity contribution in [2.75, 3.05) is 216 Å². The molecule has 0 unspecified atom stereocenters. The van der Waals surface area contributed by atoms with Gasteiger partial charge in [0, 0.05) is 228 Å². The van der Waals surface area contributed by atoms with Crippen molar-refractivity contribution < 1.29 is 169 Å². The van der Waals surface area contributed by atoms with E-state index in [1.54, 1.807) is 62.7 Å². The number of benzene rings is 3. The van der Waals surface area contributed by atoms with Crippen molar-refractivity contribution in [1.82, 2.24) is 107 Å². The Morgan fingerprint density at radius 2 is 0.427 bits per heavy atom. The Kier molecular flexibility index (Phi) is 48.0. The van der Waals surface area contributed by atoms with Gasteiger partial charge in [-0.2, -0.15) is 0 Å². The standard InChI is InChI=1S/3C27H38N8O8.2Sc/c3*28-27(43)21(11-18-12-29-20-4-2-1-3-19(18)20)32-23(37)14-30-22(36)13-31-24(38)15-33-5-7-34(16-25(39)40)9-10-35(8-6-33)17-26(41)42;;/h3*1-4,12,21,29H,5-11,13-17H2,(H2,28,43)(H,30,36)(H,31,38)(H,32,37)(H,39,40)(H,41,42);;/q;;;2*+3/p-6/t3*21-;;/m000../s1. The number of carboxylic acid groups (broad SMARTS) is 6. The average Bonchev–Trinajstić information content (AvgIpc) is 1.70. The molecule has 3 fully saturated rings. The topological polar surface area (TPSA) is 708 Å². The van der Waals surface area contributed by atoms with Gasteiger partial charge in [0.15, 0.2) is 0 Å². The third-order valence-electron chi connectivity index (χ3n) is 20.8. The molecule has 48 nitrogen and oxygen atoms in total. The SMILES string of the molecule is NC(=O)[C@H](Cc1c[nH]c2ccccc12)NC(=O)CNC(=O)CNC(=O)CN1CCN(CC(=O)[O-])CCN(CC(=O)[O-])CC1.NC(=O)[C@H](Cc1c[nH]c2ccccc12)NC(=O)CNC(=O)CNC(=O)CN1CCN(CC(=O)[O-])CCN(CC(=O)[O-])CC1.NC(=O)[C@H](Cc1c[nH]c2ccccc12)NC(=O)CNC(=O)CNC(=O)CN1CCN(CC(=O)[O-])CCN(CC(=O)[O-])CC1.[Sc+3].[Sc+3]. The predicted octanol–water partition coefficient (Wildman–Crippen LogP) is -17.0. The van der Waals surface area contributed by atoms with Crippen LogP contribution in [0.5, 0.6) is 0 Å². The molecule has 3 aliphatic rings. The molecule has 702 valence electrons. The van der Waals surface area contributed by atoms with E-state index in [1.807, 2.05) is 72.8 Å². The van der Waals surface area contributed by atoms with E-state index in [0.29, 0.717) is 118 Å². The number of aromatic nitrogens is 3. The number of carbonyl (C=O) groups excluding carboxylic acids is 18. The fourth-order valence-electron chi connectivity index (χ4n) is 14.1. The minimum absolute atomic E-state index is 0. The maximum atomic E-state index is 12.5. The molecule has 0 aliphatic carbocycles. The van der Waals surface area contributed by atoms with Crippen LogP contribution < -0.4 is 95.7 Å². The third kappa shape index (κ3) is 41.8. The van der Waals surface area contributed by atoms with Crippen molar-refractivity contribution in [2.45, 2.75) is 37.4 Å². The monoisotopic (exact) mass is 1890 g/mol. The van der Waals surface area contributed by atoms with Crippen molar-refractivity contribution in [2.24, 2.45) is 17.2 Å². The molecule has 12 amide bonds. The van der Waals surface area contributed by atoms with Gasteiger partial charge in [0.05, 0.1) is 94.7 Å². The number of hydrogen-bond donors (Lipinski definition) is 15. The average molecular weight is 1890 g/mol. The van der Waals surface area contributed by atoms with E-state index in [1.165, 1.54) is 0 Å². The van der Waals surface area contributed by atoms with Gasteiger partial charge in [-0.3, -0.25) is 102 Å². The molecule has 0 bridgehead atoms. The number of carbonyl (C=O) groups is 18. The van der Waals surface area contributed by atoms with Crippen molar-refractivity contribution >= 4 is 139 Å². The number of fused-ring (bicyclic) bond motifs is 3. The molecule has 3 aliphatic heterocycles. The number of aromatic amines is 3. The Balaban J connectivity index is 0.000000345. The van der Waals surface area contributed by atoms with E-state index in [9.17, 15) is 117 Å². The Labute approximate surface area is 788 Å². The van der Waals surface area contributed by atoms with Crippen LogP contribution in [0.3, 0.4) is 0 Å². The van der Waals surface area contributed by atoms with Crippen LogP contribution in [0, 0.1) is 0 Å². The van der Waals surface area contributed by atoms with E-state index in [-0.39, 0.29) is 130 Å². The Bertz CT molecular complexity index is 4350. The van der Waals surface area contributed by atoms with Crippen LogP contribution in [0.4, 0.5) is 0 Å². The summed E-state index contributed by atoms with van der Waals surface area (Å²) in [5.41, 5.74) is 21.4. The van der Waals surface area contributed by atoms with Crippen molar-refractivity contribution in [3.8, 4) is 0 Å². The summed E-state index contributed by atoms with van der Waals surface area (Å²) in [6.45, 7) is 0.652. The Morgan fingerprint density at radius 3 is 0.611 bits per heavy atom. The maximum Gasteiger partial charge on any atom is 3.00 e. The molecular weight excluding hydrogens is 1780 g/mol. The van der Waals surface area contributed by atoms with Crippen molar-refractivity contribution in [3.05, 3.63) is 108 Å². The summed E-state index contributed by atoms with van der Waals surface area (Å²) in [6, 6.07) is 19.4. The molecule has 0 spiro atoms. The molecule has 3 atom stereocenters. The largest absolute Gasteiger partial charge is 3.00 e. The van der Waals surface area contributed by atoms with E-state index in [0.717, 1.165) is 49.4 Å². The zero-order valence-corrected chi connectivity index (χ0v) is 75.7. The Hall–Kier alpha value is -11.9. The molecule has 9 rings (SSSR count). The smallest absolute Gasteiger partial charge is 0.549 e. The molecule has 3 aromatic carbocycles. The number of nitrogens with zero attached hydrogens (tertiary/aromatic N) is 9. The summed E-state index contributed by atoms with van der Waals surface area (Å²) in [7, 11) is 0. The number of primary amides is 3. The van der Waals surface area contributed by atoms with E-state index >= 15 is 0 Å². The zero-order chi connectivity index (χ0) is 94.1. The van der Waals surface area contributed by atoms with Crippen LogP contribution in [0.15, 0.2) is 91.4 Å². The normalized spacial score (nSPS) is 15.7. The molecule has 50 heteroatoms. The quantitative estimate of drug-likeness (QED) is 0.0169. The molecule has 3 aromatic heterocycles. The van der Waals surface area contributed by atoms with Crippen LogP contribution in [-0.4, -0.2) is 400 Å². The number of nitrogens with one attached hydrogen (secondary N) is 12. The van der Waals surface area contributed by atoms with Gasteiger partial charge in [-0.15, -0.1) is 0 Å². The van der Waals surface area contributed by atoms with Crippen molar-refractivity contribution in [1.29, 1.82) is 0 Å². The number of carboxylic acids is 6. The molecular formula is C81H108N24O24Sc2. The fourth-order valence-corrected chi connectivity index (χ4v) is 14.1. The van der Waals surface area contributed by atoms with Gasteiger partial charge in [-0.1, -0.05) is 54.6 Å². The second-order valence-corrected chi connectivity index (χ2v) is 30.6. The van der Waals surface area contributed by atoms with Gasteiger partial charge in [0.25, 0.3) is 0 Å². The fraction of sp³-hybridized carbons (Fsp3) is 0.481. The first-order chi connectivity index (χ1) is 61.5. The number of amides is 12. The van der Waals surface area contributed by atoms with Crippen LogP contribution in [-0.2, 0) is 157 Å². The second-order valence-electron chi connectivity index (χ2n) is 30.6.